The summed E-state index contributed by atoms with van der Waals surface area (Å²) in [5.41, 5.74) is 8.65. The molecule has 0 aliphatic rings. The molecule has 86 valence electrons. The third-order valence-electron chi connectivity index (χ3n) is 2.47. The second-order valence-electron chi connectivity index (χ2n) is 3.75. The lowest BCUT2D eigenvalue weighted by atomic mass is 10.0. The van der Waals surface area contributed by atoms with Crippen LogP contribution in [-0.2, 0) is 11.3 Å². The van der Waals surface area contributed by atoms with Crippen LogP contribution in [0.3, 0.4) is 0 Å². The predicted octanol–water partition coefficient (Wildman–Crippen LogP) is 0.944. The molecule has 0 aliphatic heterocycles. The molecular formula is C14H15N2O+. The fourth-order valence-electron chi connectivity index (χ4n) is 1.59. The molecule has 0 aliphatic carbocycles. The molecule has 0 aromatic heterocycles. The van der Waals surface area contributed by atoms with Crippen LogP contribution in [-0.4, -0.2) is 6.02 Å². The highest BCUT2D eigenvalue weighted by molar-refractivity contribution is 5.65. The van der Waals surface area contributed by atoms with E-state index in [9.17, 15) is 0 Å². The van der Waals surface area contributed by atoms with E-state index in [1.54, 1.807) is 0 Å². The van der Waals surface area contributed by atoms with Crippen LogP contribution in [0, 0.1) is 0 Å². The van der Waals surface area contributed by atoms with E-state index in [4.69, 9.17) is 15.9 Å². The summed E-state index contributed by atoms with van der Waals surface area (Å²) in [7, 11) is 0. The summed E-state index contributed by atoms with van der Waals surface area (Å²) in [5.74, 6) is 0. The Hall–Kier alpha value is -2.29. The topological polar surface area (TPSA) is 60.8 Å². The van der Waals surface area contributed by atoms with Crippen molar-refractivity contribution in [2.75, 3.05) is 0 Å². The molecule has 4 N–H and O–H groups in total. The van der Waals surface area contributed by atoms with Gasteiger partial charge in [0.1, 0.15) is 6.61 Å². The molecule has 17 heavy (non-hydrogen) atoms. The number of amidine groups is 1. The van der Waals surface area contributed by atoms with Crippen molar-refractivity contribution in [2.45, 2.75) is 6.61 Å². The van der Waals surface area contributed by atoms with Crippen molar-refractivity contribution < 1.29 is 10.1 Å². The molecule has 3 nitrogen and oxygen atoms in total. The molecule has 0 heterocycles. The van der Waals surface area contributed by atoms with Crippen LogP contribution in [0.15, 0.2) is 54.6 Å². The maximum atomic E-state index is 5.23. The molecule has 0 atom stereocenters. The largest absolute Gasteiger partial charge is 0.437 e. The Morgan fingerprint density at radius 3 is 2.12 bits per heavy atom. The van der Waals surface area contributed by atoms with E-state index in [2.05, 4.69) is 24.3 Å². The molecule has 0 fully saturated rings. The smallest absolute Gasteiger partial charge is 0.427 e. The van der Waals surface area contributed by atoms with Crippen molar-refractivity contribution in [1.29, 1.82) is 0 Å². The van der Waals surface area contributed by atoms with Gasteiger partial charge in [0.15, 0.2) is 0 Å². The predicted molar refractivity (Wildman–Crippen MR) is 67.8 cm³/mol. The summed E-state index contributed by atoms with van der Waals surface area (Å²) in [5, 5.41) is 5.23. The van der Waals surface area contributed by atoms with Gasteiger partial charge in [-0.1, -0.05) is 54.6 Å². The Kier molecular flexibility index (Phi) is 3.40. The van der Waals surface area contributed by atoms with Gasteiger partial charge in [-0.15, -0.1) is 0 Å². The van der Waals surface area contributed by atoms with Gasteiger partial charge in [-0.25, -0.2) is 0 Å². The van der Waals surface area contributed by atoms with Crippen LogP contribution in [0.4, 0.5) is 0 Å². The summed E-state index contributed by atoms with van der Waals surface area (Å²) >= 11 is 0. The molecule has 0 radical (unpaired) electrons. The Balaban J connectivity index is 2.11. The van der Waals surface area contributed by atoms with Gasteiger partial charge < -0.3 is 4.74 Å². The highest BCUT2D eigenvalue weighted by Gasteiger charge is 1.99. The van der Waals surface area contributed by atoms with Crippen molar-refractivity contribution in [3.63, 3.8) is 0 Å². The summed E-state index contributed by atoms with van der Waals surface area (Å²) in [6.45, 7) is 0.400. The van der Waals surface area contributed by atoms with Crippen LogP contribution in [0.5, 0.6) is 0 Å². The Morgan fingerprint density at radius 1 is 0.941 bits per heavy atom. The fraction of sp³-hybridized carbons (Fsp3) is 0.0714. The zero-order valence-electron chi connectivity index (χ0n) is 9.47. The lowest BCUT2D eigenvalue weighted by molar-refractivity contribution is -0.143. The van der Waals surface area contributed by atoms with Gasteiger partial charge in [-0.05, 0) is 16.7 Å². The number of hydrogen-bond donors (Lipinski definition) is 2. The maximum Gasteiger partial charge on any atom is 0.437 e. The number of ether oxygens (including phenoxy) is 1. The van der Waals surface area contributed by atoms with E-state index in [0.717, 1.165) is 5.56 Å². The molecule has 0 bridgehead atoms. The average molecular weight is 227 g/mol. The molecule has 0 spiro atoms. The van der Waals surface area contributed by atoms with Crippen LogP contribution >= 0.6 is 0 Å². The molecule has 0 amide bonds. The van der Waals surface area contributed by atoms with E-state index in [-0.39, 0.29) is 6.02 Å². The second-order valence-corrected chi connectivity index (χ2v) is 3.75. The van der Waals surface area contributed by atoms with Gasteiger partial charge in [0.05, 0.1) is 0 Å². The highest BCUT2D eigenvalue weighted by atomic mass is 16.5. The minimum absolute atomic E-state index is 0.00265. The van der Waals surface area contributed by atoms with E-state index in [1.165, 1.54) is 11.1 Å². The molecular weight excluding hydrogens is 212 g/mol. The third-order valence-corrected chi connectivity index (χ3v) is 2.47. The minimum atomic E-state index is -0.00265. The summed E-state index contributed by atoms with van der Waals surface area (Å²) in [4.78, 5) is 0. The first-order chi connectivity index (χ1) is 8.25. The first-order valence-electron chi connectivity index (χ1n) is 5.41. The van der Waals surface area contributed by atoms with Crippen LogP contribution in [0.2, 0.25) is 0 Å². The van der Waals surface area contributed by atoms with E-state index < -0.39 is 0 Å². The van der Waals surface area contributed by atoms with Crippen molar-refractivity contribution in [1.82, 2.24) is 0 Å². The molecule has 2 aromatic rings. The van der Waals surface area contributed by atoms with Crippen LogP contribution < -0.4 is 11.1 Å². The Morgan fingerprint density at radius 2 is 1.53 bits per heavy atom. The van der Waals surface area contributed by atoms with Crippen molar-refractivity contribution in [3.8, 4) is 11.1 Å². The highest BCUT2D eigenvalue weighted by Crippen LogP contribution is 2.19. The lowest BCUT2D eigenvalue weighted by Crippen LogP contribution is -2.47. The number of hydrogen-bond acceptors (Lipinski definition) is 1. The van der Waals surface area contributed by atoms with E-state index in [1.807, 2.05) is 30.3 Å². The van der Waals surface area contributed by atoms with Crippen molar-refractivity contribution in [3.05, 3.63) is 60.2 Å². The fourth-order valence-corrected chi connectivity index (χ4v) is 1.59. The number of nitrogens with two attached hydrogens (primary N) is 2. The summed E-state index contributed by atoms with van der Waals surface area (Å²) in [6, 6.07) is 18.3. The number of rotatable bonds is 3. The van der Waals surface area contributed by atoms with Gasteiger partial charge in [-0.3, -0.25) is 11.1 Å². The van der Waals surface area contributed by atoms with Gasteiger partial charge in [0.2, 0.25) is 0 Å². The summed E-state index contributed by atoms with van der Waals surface area (Å²) < 4.78 is 5.05. The average Bonchev–Trinajstić information content (AvgIpc) is 2.38. The monoisotopic (exact) mass is 227 g/mol. The lowest BCUT2D eigenvalue weighted by Gasteiger charge is -2.04. The molecule has 0 saturated heterocycles. The Labute approximate surface area is 100 Å². The number of benzene rings is 2. The minimum Gasteiger partial charge on any atom is -0.427 e. The van der Waals surface area contributed by atoms with Crippen LogP contribution in [0.1, 0.15) is 5.56 Å². The Bertz CT molecular complexity index is 491. The van der Waals surface area contributed by atoms with E-state index >= 15 is 0 Å². The molecule has 3 heteroatoms. The zero-order valence-corrected chi connectivity index (χ0v) is 9.47. The zero-order chi connectivity index (χ0) is 12.1. The SMILES string of the molecule is NC(=[NH2+])OCc1ccc(-c2ccccc2)cc1. The second kappa shape index (κ2) is 5.16. The van der Waals surface area contributed by atoms with Crippen molar-refractivity contribution in [2.24, 2.45) is 5.73 Å². The molecule has 2 rings (SSSR count). The standard InChI is InChI=1S/C14H14N2O/c15-14(16)17-10-11-6-8-13(9-7-11)12-4-2-1-3-5-12/h1-9H,10H2,(H3,15,16)/p+1. The normalized spacial score (nSPS) is 9.88. The molecule has 2 aromatic carbocycles. The van der Waals surface area contributed by atoms with Gasteiger partial charge in [-0.2, -0.15) is 0 Å². The van der Waals surface area contributed by atoms with Gasteiger partial charge >= 0.3 is 6.02 Å². The molecule has 0 unspecified atom stereocenters. The summed E-state index contributed by atoms with van der Waals surface area (Å²) in [6.07, 6.45) is 0. The quantitative estimate of drug-likeness (QED) is 0.605. The first kappa shape index (κ1) is 11.2. The van der Waals surface area contributed by atoms with Gasteiger partial charge in [0.25, 0.3) is 0 Å². The molecule has 0 saturated carbocycles. The van der Waals surface area contributed by atoms with Crippen molar-refractivity contribution >= 4 is 6.02 Å². The first-order valence-corrected chi connectivity index (χ1v) is 5.41. The van der Waals surface area contributed by atoms with Gasteiger partial charge in [0, 0.05) is 0 Å². The maximum absolute atomic E-state index is 5.23. The van der Waals surface area contributed by atoms with Crippen LogP contribution in [0.25, 0.3) is 11.1 Å². The van der Waals surface area contributed by atoms with E-state index in [0.29, 0.717) is 6.61 Å². The third kappa shape index (κ3) is 3.08.